The molecule has 3 N–H and O–H groups in total. The number of ether oxygens (including phenoxy) is 1. The number of nitrogens with zero attached hydrogens (tertiary/aromatic N) is 3. The first-order chi connectivity index (χ1) is 10.3. The highest BCUT2D eigenvalue weighted by atomic mass is 16.5. The molecule has 0 unspecified atom stereocenters. The van der Waals surface area contributed by atoms with E-state index in [1.165, 1.54) is 0 Å². The zero-order chi connectivity index (χ0) is 14.5. The molecule has 6 heteroatoms. The monoisotopic (exact) mass is 281 g/mol. The summed E-state index contributed by atoms with van der Waals surface area (Å²) in [5.74, 6) is 1.52. The van der Waals surface area contributed by atoms with Gasteiger partial charge in [0.2, 0.25) is 0 Å². The van der Waals surface area contributed by atoms with Crippen molar-refractivity contribution < 1.29 is 4.74 Å². The average Bonchev–Trinajstić information content (AvgIpc) is 2.54. The fourth-order valence-corrected chi connectivity index (χ4v) is 1.88. The summed E-state index contributed by atoms with van der Waals surface area (Å²) in [4.78, 5) is 12.8. The summed E-state index contributed by atoms with van der Waals surface area (Å²) < 4.78 is 5.43. The number of aromatic nitrogens is 3. The zero-order valence-electron chi connectivity index (χ0n) is 11.4. The summed E-state index contributed by atoms with van der Waals surface area (Å²) in [5, 5.41) is 3.22. The first-order valence-corrected chi connectivity index (χ1v) is 6.63. The largest absolute Gasteiger partial charge is 0.492 e. The molecule has 3 aromatic rings. The van der Waals surface area contributed by atoms with Gasteiger partial charge in [0.1, 0.15) is 23.7 Å². The summed E-state index contributed by atoms with van der Waals surface area (Å²) in [6.07, 6.45) is 3.28. The third kappa shape index (κ3) is 3.24. The van der Waals surface area contributed by atoms with Crippen LogP contribution in [0.1, 0.15) is 0 Å². The van der Waals surface area contributed by atoms with Crippen LogP contribution in [0.25, 0.3) is 11.2 Å². The summed E-state index contributed by atoms with van der Waals surface area (Å²) in [5.41, 5.74) is 7.71. The Morgan fingerprint density at radius 3 is 2.62 bits per heavy atom. The highest BCUT2D eigenvalue weighted by molar-refractivity contribution is 5.72. The smallest absolute Gasteiger partial charge is 0.180 e. The Balaban J connectivity index is 1.75. The molecule has 0 aliphatic rings. The van der Waals surface area contributed by atoms with Crippen molar-refractivity contribution in [3.63, 3.8) is 0 Å². The van der Waals surface area contributed by atoms with Gasteiger partial charge in [-0.3, -0.25) is 4.98 Å². The molecule has 0 saturated carbocycles. The predicted molar refractivity (Wildman–Crippen MR) is 81.6 cm³/mol. The third-order valence-electron chi connectivity index (χ3n) is 2.84. The van der Waals surface area contributed by atoms with E-state index in [1.54, 1.807) is 12.4 Å². The molecule has 3 rings (SSSR count). The van der Waals surface area contributed by atoms with Gasteiger partial charge in [0.25, 0.3) is 0 Å². The molecule has 2 heterocycles. The van der Waals surface area contributed by atoms with E-state index in [0.717, 1.165) is 22.8 Å². The first kappa shape index (κ1) is 13.3. The lowest BCUT2D eigenvalue weighted by molar-refractivity contribution is 0.328. The lowest BCUT2D eigenvalue weighted by atomic mass is 10.3. The van der Waals surface area contributed by atoms with E-state index >= 15 is 0 Å². The second kappa shape index (κ2) is 6.15. The van der Waals surface area contributed by atoms with Gasteiger partial charge in [-0.05, 0) is 36.4 Å². The van der Waals surface area contributed by atoms with Crippen LogP contribution in [0.3, 0.4) is 0 Å². The molecule has 106 valence electrons. The van der Waals surface area contributed by atoms with E-state index in [4.69, 9.17) is 10.5 Å². The second-order valence-corrected chi connectivity index (χ2v) is 4.38. The van der Waals surface area contributed by atoms with Gasteiger partial charge in [-0.2, -0.15) is 0 Å². The molecule has 0 spiro atoms. The maximum Gasteiger partial charge on any atom is 0.180 e. The zero-order valence-corrected chi connectivity index (χ0v) is 11.4. The fraction of sp³-hybridized carbons (Fsp3) is 0.133. The number of hydrogen-bond acceptors (Lipinski definition) is 6. The highest BCUT2D eigenvalue weighted by Crippen LogP contribution is 2.20. The highest BCUT2D eigenvalue weighted by Gasteiger charge is 2.01. The van der Waals surface area contributed by atoms with E-state index in [-0.39, 0.29) is 0 Å². The Kier molecular flexibility index (Phi) is 3.88. The Labute approximate surface area is 122 Å². The third-order valence-corrected chi connectivity index (χ3v) is 2.84. The van der Waals surface area contributed by atoms with Gasteiger partial charge in [0.15, 0.2) is 5.65 Å². The van der Waals surface area contributed by atoms with Gasteiger partial charge in [-0.1, -0.05) is 0 Å². The Bertz CT molecular complexity index is 729. The molecule has 0 atom stereocenters. The van der Waals surface area contributed by atoms with Crippen LogP contribution in [-0.2, 0) is 0 Å². The van der Waals surface area contributed by atoms with Crippen LogP contribution in [0.4, 0.5) is 11.5 Å². The molecule has 2 aromatic heterocycles. The minimum absolute atomic E-state index is 0.502. The quantitative estimate of drug-likeness (QED) is 0.745. The lowest BCUT2D eigenvalue weighted by Gasteiger charge is -2.08. The summed E-state index contributed by atoms with van der Waals surface area (Å²) in [6.45, 7) is 1.01. The van der Waals surface area contributed by atoms with E-state index in [9.17, 15) is 0 Å². The predicted octanol–water partition coefficient (Wildman–Crippen LogP) is 2.11. The van der Waals surface area contributed by atoms with Crippen molar-refractivity contribution in [2.75, 3.05) is 18.5 Å². The Morgan fingerprint density at radius 1 is 1.00 bits per heavy atom. The lowest BCUT2D eigenvalue weighted by Crippen LogP contribution is -2.10. The van der Waals surface area contributed by atoms with E-state index in [2.05, 4.69) is 20.3 Å². The minimum Gasteiger partial charge on any atom is -0.492 e. The number of rotatable bonds is 5. The van der Waals surface area contributed by atoms with Crippen molar-refractivity contribution in [2.45, 2.75) is 0 Å². The molecule has 0 radical (unpaired) electrons. The van der Waals surface area contributed by atoms with E-state index in [1.807, 2.05) is 36.4 Å². The maximum atomic E-state index is 5.43. The Hall–Kier alpha value is -2.73. The molecule has 0 aliphatic carbocycles. The Morgan fingerprint density at radius 2 is 1.81 bits per heavy atom. The molecule has 0 fully saturated rings. The SMILES string of the molecule is NCCOc1ccc(Nc2ccc3nccnc3n2)cc1. The van der Waals surface area contributed by atoms with Crippen molar-refractivity contribution in [3.8, 4) is 5.75 Å². The van der Waals surface area contributed by atoms with Crippen LogP contribution in [0, 0.1) is 0 Å². The summed E-state index contributed by atoms with van der Waals surface area (Å²) in [6, 6.07) is 11.4. The maximum absolute atomic E-state index is 5.43. The average molecular weight is 281 g/mol. The van der Waals surface area contributed by atoms with E-state index in [0.29, 0.717) is 18.8 Å². The number of fused-ring (bicyclic) bond motifs is 1. The van der Waals surface area contributed by atoms with Gasteiger partial charge in [-0.25, -0.2) is 9.97 Å². The minimum atomic E-state index is 0.502. The summed E-state index contributed by atoms with van der Waals surface area (Å²) in [7, 11) is 0. The van der Waals surface area contributed by atoms with E-state index < -0.39 is 0 Å². The number of pyridine rings is 1. The van der Waals surface area contributed by atoms with Crippen LogP contribution in [0.15, 0.2) is 48.8 Å². The molecule has 21 heavy (non-hydrogen) atoms. The van der Waals surface area contributed by atoms with Gasteiger partial charge in [0.05, 0.1) is 0 Å². The van der Waals surface area contributed by atoms with Gasteiger partial charge in [0, 0.05) is 24.6 Å². The van der Waals surface area contributed by atoms with Crippen molar-refractivity contribution in [2.24, 2.45) is 5.73 Å². The van der Waals surface area contributed by atoms with Crippen molar-refractivity contribution in [1.82, 2.24) is 15.0 Å². The molecule has 6 nitrogen and oxygen atoms in total. The second-order valence-electron chi connectivity index (χ2n) is 4.38. The van der Waals surface area contributed by atoms with Crippen molar-refractivity contribution in [3.05, 3.63) is 48.8 Å². The standard InChI is InChI=1S/C15H15N5O/c16-7-10-21-12-3-1-11(2-4-12)19-14-6-5-13-15(20-14)18-9-8-17-13/h1-6,8-9H,7,10,16H2,(H,18,19,20). The number of nitrogens with one attached hydrogen (secondary N) is 1. The van der Waals surface area contributed by atoms with Gasteiger partial charge < -0.3 is 15.8 Å². The normalized spacial score (nSPS) is 10.5. The summed E-state index contributed by atoms with van der Waals surface area (Å²) >= 11 is 0. The van der Waals surface area contributed by atoms with Gasteiger partial charge in [-0.15, -0.1) is 0 Å². The van der Waals surface area contributed by atoms with Crippen LogP contribution in [-0.4, -0.2) is 28.1 Å². The number of benzene rings is 1. The molecule has 0 bridgehead atoms. The number of anilines is 2. The van der Waals surface area contributed by atoms with Crippen LogP contribution in [0.2, 0.25) is 0 Å². The molecular weight excluding hydrogens is 266 g/mol. The molecule has 0 aliphatic heterocycles. The fourth-order valence-electron chi connectivity index (χ4n) is 1.88. The number of nitrogens with two attached hydrogens (primary N) is 1. The van der Waals surface area contributed by atoms with Crippen molar-refractivity contribution >= 4 is 22.7 Å². The molecule has 0 amide bonds. The topological polar surface area (TPSA) is 86.0 Å². The molecular formula is C15H15N5O. The molecule has 0 saturated heterocycles. The van der Waals surface area contributed by atoms with Crippen LogP contribution < -0.4 is 15.8 Å². The number of hydrogen-bond donors (Lipinski definition) is 2. The molecule has 1 aromatic carbocycles. The van der Waals surface area contributed by atoms with Crippen LogP contribution in [0.5, 0.6) is 5.75 Å². The van der Waals surface area contributed by atoms with Crippen LogP contribution >= 0.6 is 0 Å². The van der Waals surface area contributed by atoms with Crippen molar-refractivity contribution in [1.29, 1.82) is 0 Å². The first-order valence-electron chi connectivity index (χ1n) is 6.63. The van der Waals surface area contributed by atoms with Gasteiger partial charge >= 0.3 is 0 Å².